The number of rotatable bonds is 2. The van der Waals surface area contributed by atoms with Crippen LogP contribution in [0.4, 0.5) is 4.39 Å². The number of nitrogens with two attached hydrogens (primary N) is 1. The van der Waals surface area contributed by atoms with E-state index in [0.29, 0.717) is 12.2 Å². The fourth-order valence-corrected chi connectivity index (χ4v) is 2.52. The number of methoxy groups -OCH3 is 1. The van der Waals surface area contributed by atoms with Gasteiger partial charge >= 0.3 is 0 Å². The molecule has 20 heavy (non-hydrogen) atoms. The Kier molecular flexibility index (Phi) is 3.32. The van der Waals surface area contributed by atoms with Crippen molar-refractivity contribution in [2.45, 2.75) is 18.6 Å². The van der Waals surface area contributed by atoms with Crippen molar-refractivity contribution in [3.8, 4) is 11.5 Å². The summed E-state index contributed by atoms with van der Waals surface area (Å²) >= 11 is 0. The Labute approximate surface area is 117 Å². The molecule has 1 aliphatic rings. The Morgan fingerprint density at radius 3 is 2.90 bits per heavy atom. The molecule has 0 fully saturated rings. The van der Waals surface area contributed by atoms with E-state index < -0.39 is 0 Å². The molecule has 0 spiro atoms. The molecule has 104 valence electrons. The van der Waals surface area contributed by atoms with E-state index in [4.69, 9.17) is 15.2 Å². The van der Waals surface area contributed by atoms with Crippen molar-refractivity contribution < 1.29 is 13.9 Å². The summed E-state index contributed by atoms with van der Waals surface area (Å²) in [6.07, 6.45) is 0.474. The van der Waals surface area contributed by atoms with Crippen molar-refractivity contribution in [1.29, 1.82) is 0 Å². The number of benzene rings is 2. The molecule has 2 unspecified atom stereocenters. The lowest BCUT2D eigenvalue weighted by Crippen LogP contribution is -2.24. The molecule has 2 N–H and O–H groups in total. The molecular formula is C16H16FNO2. The smallest absolute Gasteiger partial charge is 0.126 e. The molecule has 1 heterocycles. The standard InChI is InChI=1S/C16H16FNO2/c1-19-12-4-2-3-10(7-12)16-9-14(18)13-8-11(17)5-6-15(13)20-16/h2-8,14,16H,9,18H2,1H3. The molecule has 0 amide bonds. The van der Waals surface area contributed by atoms with E-state index in [1.165, 1.54) is 12.1 Å². The average Bonchev–Trinajstić information content (AvgIpc) is 2.48. The highest BCUT2D eigenvalue weighted by molar-refractivity contribution is 5.40. The zero-order valence-corrected chi connectivity index (χ0v) is 11.2. The molecule has 2 atom stereocenters. The van der Waals surface area contributed by atoms with Crippen LogP contribution in [0.5, 0.6) is 11.5 Å². The second kappa shape index (κ2) is 5.13. The lowest BCUT2D eigenvalue weighted by atomic mass is 9.93. The third-order valence-corrected chi connectivity index (χ3v) is 3.57. The summed E-state index contributed by atoms with van der Waals surface area (Å²) in [4.78, 5) is 0. The van der Waals surface area contributed by atoms with Crippen LogP contribution >= 0.6 is 0 Å². The quantitative estimate of drug-likeness (QED) is 0.912. The fraction of sp³-hybridized carbons (Fsp3) is 0.250. The number of ether oxygens (including phenoxy) is 2. The van der Waals surface area contributed by atoms with E-state index in [1.54, 1.807) is 13.2 Å². The summed E-state index contributed by atoms with van der Waals surface area (Å²) in [7, 11) is 1.63. The Morgan fingerprint density at radius 2 is 2.10 bits per heavy atom. The minimum absolute atomic E-state index is 0.141. The van der Waals surface area contributed by atoms with Crippen molar-refractivity contribution in [3.63, 3.8) is 0 Å². The highest BCUT2D eigenvalue weighted by atomic mass is 19.1. The fourth-order valence-electron chi connectivity index (χ4n) is 2.52. The van der Waals surface area contributed by atoms with Gasteiger partial charge in [0, 0.05) is 18.0 Å². The van der Waals surface area contributed by atoms with Crippen LogP contribution in [-0.2, 0) is 0 Å². The summed E-state index contributed by atoms with van der Waals surface area (Å²) < 4.78 is 24.4. The molecule has 0 saturated carbocycles. The van der Waals surface area contributed by atoms with Gasteiger partial charge in [0.2, 0.25) is 0 Å². The summed E-state index contributed by atoms with van der Waals surface area (Å²) in [6, 6.07) is 12.0. The molecule has 0 saturated heterocycles. The van der Waals surface area contributed by atoms with Crippen molar-refractivity contribution in [2.75, 3.05) is 7.11 Å². The topological polar surface area (TPSA) is 44.5 Å². The predicted molar refractivity (Wildman–Crippen MR) is 74.3 cm³/mol. The van der Waals surface area contributed by atoms with Gasteiger partial charge in [-0.05, 0) is 35.9 Å². The molecule has 3 nitrogen and oxygen atoms in total. The van der Waals surface area contributed by atoms with Gasteiger partial charge in [0.1, 0.15) is 23.4 Å². The van der Waals surface area contributed by atoms with Gasteiger partial charge in [-0.25, -0.2) is 4.39 Å². The van der Waals surface area contributed by atoms with E-state index in [-0.39, 0.29) is 18.0 Å². The van der Waals surface area contributed by atoms with Crippen LogP contribution in [0.3, 0.4) is 0 Å². The zero-order chi connectivity index (χ0) is 14.1. The van der Waals surface area contributed by atoms with Crippen LogP contribution in [0, 0.1) is 5.82 Å². The van der Waals surface area contributed by atoms with Crippen molar-refractivity contribution in [1.82, 2.24) is 0 Å². The van der Waals surface area contributed by atoms with Crippen LogP contribution in [0.2, 0.25) is 0 Å². The molecule has 0 bridgehead atoms. The predicted octanol–water partition coefficient (Wildman–Crippen LogP) is 3.36. The lowest BCUT2D eigenvalue weighted by Gasteiger charge is -2.30. The molecule has 0 aromatic heterocycles. The van der Waals surface area contributed by atoms with Gasteiger partial charge < -0.3 is 15.2 Å². The molecule has 4 heteroatoms. The van der Waals surface area contributed by atoms with Gasteiger partial charge in [0.25, 0.3) is 0 Å². The maximum Gasteiger partial charge on any atom is 0.126 e. The molecule has 2 aromatic rings. The first-order valence-electron chi connectivity index (χ1n) is 6.53. The van der Waals surface area contributed by atoms with Gasteiger partial charge in [-0.2, -0.15) is 0 Å². The molecule has 2 aromatic carbocycles. The number of hydrogen-bond acceptors (Lipinski definition) is 3. The van der Waals surface area contributed by atoms with Crippen molar-refractivity contribution in [2.24, 2.45) is 5.73 Å². The van der Waals surface area contributed by atoms with Gasteiger partial charge in [0.05, 0.1) is 7.11 Å². The first-order valence-corrected chi connectivity index (χ1v) is 6.53. The van der Waals surface area contributed by atoms with Crippen LogP contribution in [-0.4, -0.2) is 7.11 Å². The molecule has 3 rings (SSSR count). The molecule has 1 aliphatic heterocycles. The third kappa shape index (κ3) is 2.34. The normalized spacial score (nSPS) is 20.9. The Hall–Kier alpha value is -2.07. The SMILES string of the molecule is COc1cccc(C2CC(N)c3cc(F)ccc3O2)c1. The maximum atomic E-state index is 13.3. The molecule has 0 radical (unpaired) electrons. The van der Waals surface area contributed by atoms with E-state index in [0.717, 1.165) is 16.9 Å². The molecule has 0 aliphatic carbocycles. The van der Waals surface area contributed by atoms with Gasteiger partial charge in [-0.3, -0.25) is 0 Å². The van der Waals surface area contributed by atoms with E-state index >= 15 is 0 Å². The summed E-state index contributed by atoms with van der Waals surface area (Å²) in [5.74, 6) is 1.14. The minimum Gasteiger partial charge on any atom is -0.497 e. The van der Waals surface area contributed by atoms with Crippen LogP contribution < -0.4 is 15.2 Å². The first-order chi connectivity index (χ1) is 9.67. The summed E-state index contributed by atoms with van der Waals surface area (Å²) in [5.41, 5.74) is 7.87. The van der Waals surface area contributed by atoms with Gasteiger partial charge in [-0.1, -0.05) is 12.1 Å². The largest absolute Gasteiger partial charge is 0.497 e. The highest BCUT2D eigenvalue weighted by Crippen LogP contribution is 2.40. The number of fused-ring (bicyclic) bond motifs is 1. The zero-order valence-electron chi connectivity index (χ0n) is 11.2. The van der Waals surface area contributed by atoms with Crippen LogP contribution in [0.25, 0.3) is 0 Å². The average molecular weight is 273 g/mol. The van der Waals surface area contributed by atoms with E-state index in [1.807, 2.05) is 24.3 Å². The lowest BCUT2D eigenvalue weighted by molar-refractivity contribution is 0.161. The Morgan fingerprint density at radius 1 is 1.25 bits per heavy atom. The third-order valence-electron chi connectivity index (χ3n) is 3.57. The minimum atomic E-state index is -0.289. The number of halogens is 1. The van der Waals surface area contributed by atoms with E-state index in [2.05, 4.69) is 0 Å². The van der Waals surface area contributed by atoms with Gasteiger partial charge in [0.15, 0.2) is 0 Å². The Balaban J connectivity index is 1.92. The van der Waals surface area contributed by atoms with E-state index in [9.17, 15) is 4.39 Å². The highest BCUT2D eigenvalue weighted by Gasteiger charge is 2.27. The first kappa shape index (κ1) is 12.9. The number of hydrogen-bond donors (Lipinski definition) is 1. The summed E-state index contributed by atoms with van der Waals surface area (Å²) in [6.45, 7) is 0. The summed E-state index contributed by atoms with van der Waals surface area (Å²) in [5, 5.41) is 0. The second-order valence-corrected chi connectivity index (χ2v) is 4.91. The monoisotopic (exact) mass is 273 g/mol. The Bertz CT molecular complexity index is 630. The maximum absolute atomic E-state index is 13.3. The molecular weight excluding hydrogens is 257 g/mol. The van der Waals surface area contributed by atoms with Crippen LogP contribution in [0.1, 0.15) is 29.7 Å². The van der Waals surface area contributed by atoms with Crippen LogP contribution in [0.15, 0.2) is 42.5 Å². The van der Waals surface area contributed by atoms with Gasteiger partial charge in [-0.15, -0.1) is 0 Å². The van der Waals surface area contributed by atoms with Crippen molar-refractivity contribution in [3.05, 3.63) is 59.4 Å². The second-order valence-electron chi connectivity index (χ2n) is 4.91. The van der Waals surface area contributed by atoms with Crippen molar-refractivity contribution >= 4 is 0 Å².